The van der Waals surface area contributed by atoms with Crippen molar-refractivity contribution < 1.29 is 9.18 Å². The number of anilines is 3. The molecule has 3 aromatic rings. The molecule has 1 amide bonds. The molecule has 3 aromatic heterocycles. The third-order valence-electron chi connectivity index (χ3n) is 4.69. The number of halogens is 1. The second-order valence-corrected chi connectivity index (χ2v) is 7.66. The normalized spacial score (nSPS) is 13.7. The molecule has 3 N–H and O–H groups in total. The van der Waals surface area contributed by atoms with Crippen molar-refractivity contribution in [3.63, 3.8) is 0 Å². The summed E-state index contributed by atoms with van der Waals surface area (Å²) in [4.78, 5) is 20.8. The molecule has 0 spiro atoms. The Morgan fingerprint density at radius 1 is 1.31 bits per heavy atom. The predicted molar refractivity (Wildman–Crippen MR) is 110 cm³/mol. The first-order chi connectivity index (χ1) is 14.0. The molecular formula is C20H24FN7O. The van der Waals surface area contributed by atoms with Crippen LogP contribution in [0.1, 0.15) is 43.6 Å². The van der Waals surface area contributed by atoms with E-state index in [-0.39, 0.29) is 11.4 Å². The van der Waals surface area contributed by atoms with Crippen molar-refractivity contribution in [2.24, 2.45) is 5.92 Å². The fourth-order valence-electron chi connectivity index (χ4n) is 2.92. The fraction of sp³-hybridized carbons (Fsp3) is 0.400. The van der Waals surface area contributed by atoms with Crippen molar-refractivity contribution in [2.45, 2.75) is 39.2 Å². The van der Waals surface area contributed by atoms with Gasteiger partial charge in [0.2, 0.25) is 0 Å². The molecule has 1 aliphatic rings. The Balaban J connectivity index is 1.64. The number of fused-ring (bicyclic) bond motifs is 1. The number of hydrogen-bond acceptors (Lipinski definition) is 6. The summed E-state index contributed by atoms with van der Waals surface area (Å²) in [7, 11) is 0. The Morgan fingerprint density at radius 3 is 2.86 bits per heavy atom. The molecule has 1 fully saturated rings. The number of carbonyl (C=O) groups excluding carboxylic acids is 1. The van der Waals surface area contributed by atoms with Gasteiger partial charge >= 0.3 is 0 Å². The first-order valence-electron chi connectivity index (χ1n) is 9.81. The van der Waals surface area contributed by atoms with Crippen molar-refractivity contribution in [1.82, 2.24) is 19.6 Å². The minimum Gasteiger partial charge on any atom is -0.379 e. The number of imidazole rings is 1. The molecule has 152 valence electrons. The second-order valence-electron chi connectivity index (χ2n) is 7.66. The van der Waals surface area contributed by atoms with Crippen LogP contribution in [-0.2, 0) is 0 Å². The number of rotatable bonds is 8. The highest BCUT2D eigenvalue weighted by Gasteiger charge is 2.24. The topological polar surface area (TPSA) is 96.2 Å². The summed E-state index contributed by atoms with van der Waals surface area (Å²) < 4.78 is 15.4. The van der Waals surface area contributed by atoms with Crippen molar-refractivity contribution >= 4 is 28.7 Å². The number of pyridine rings is 1. The molecule has 0 atom stereocenters. The minimum absolute atomic E-state index is 0.0579. The van der Waals surface area contributed by atoms with Crippen LogP contribution in [0.3, 0.4) is 0 Å². The van der Waals surface area contributed by atoms with E-state index < -0.39 is 11.7 Å². The number of amides is 1. The van der Waals surface area contributed by atoms with Gasteiger partial charge in [0.15, 0.2) is 17.2 Å². The van der Waals surface area contributed by atoms with Gasteiger partial charge in [-0.05, 0) is 31.2 Å². The van der Waals surface area contributed by atoms with E-state index in [2.05, 4.69) is 44.9 Å². The van der Waals surface area contributed by atoms with Gasteiger partial charge in [0.25, 0.3) is 5.91 Å². The quantitative estimate of drug-likeness (QED) is 0.538. The summed E-state index contributed by atoms with van der Waals surface area (Å²) in [6.45, 7) is 5.10. The summed E-state index contributed by atoms with van der Waals surface area (Å²) in [5.74, 6) is 0.130. The molecule has 0 aromatic carbocycles. The van der Waals surface area contributed by atoms with Gasteiger partial charge in [0, 0.05) is 24.8 Å². The van der Waals surface area contributed by atoms with Gasteiger partial charge in [-0.15, -0.1) is 5.10 Å². The predicted octanol–water partition coefficient (Wildman–Crippen LogP) is 3.55. The summed E-state index contributed by atoms with van der Waals surface area (Å²) >= 11 is 0. The molecule has 0 aliphatic heterocycles. The first kappa shape index (κ1) is 19.1. The minimum atomic E-state index is -0.602. The monoisotopic (exact) mass is 397 g/mol. The van der Waals surface area contributed by atoms with E-state index >= 15 is 0 Å². The zero-order valence-corrected chi connectivity index (χ0v) is 16.4. The summed E-state index contributed by atoms with van der Waals surface area (Å²) in [6.07, 6.45) is 7.15. The molecule has 8 nitrogen and oxygen atoms in total. The van der Waals surface area contributed by atoms with Crippen LogP contribution in [0.25, 0.3) is 5.65 Å². The highest BCUT2D eigenvalue weighted by molar-refractivity contribution is 6.03. The lowest BCUT2D eigenvalue weighted by molar-refractivity contribution is 0.102. The van der Waals surface area contributed by atoms with Crippen LogP contribution in [0.15, 0.2) is 30.7 Å². The standard InChI is InChI=1S/C20H24FN7O/c1-12(2)5-8-23-18-9-16(25-13-3-4-13)19-24-11-17(28(19)27-18)20(29)26-15-6-7-22-10-14(15)21/h6-7,9-13,25H,3-5,8H2,1-2H3,(H,23,27)(H,22,26,29). The first-order valence-corrected chi connectivity index (χ1v) is 9.81. The van der Waals surface area contributed by atoms with Crippen LogP contribution in [0.5, 0.6) is 0 Å². The second kappa shape index (κ2) is 8.02. The van der Waals surface area contributed by atoms with Crippen LogP contribution in [0.2, 0.25) is 0 Å². The average Bonchev–Trinajstić information content (AvgIpc) is 3.39. The van der Waals surface area contributed by atoms with E-state index in [0.717, 1.165) is 37.7 Å². The van der Waals surface area contributed by atoms with Gasteiger partial charge in [-0.1, -0.05) is 13.8 Å². The van der Waals surface area contributed by atoms with Crippen molar-refractivity contribution in [3.05, 3.63) is 42.2 Å². The molecule has 0 bridgehead atoms. The van der Waals surface area contributed by atoms with E-state index in [4.69, 9.17) is 0 Å². The fourth-order valence-corrected chi connectivity index (χ4v) is 2.92. The lowest BCUT2D eigenvalue weighted by Gasteiger charge is -2.12. The van der Waals surface area contributed by atoms with E-state index in [0.29, 0.717) is 23.4 Å². The Bertz CT molecular complexity index is 1030. The van der Waals surface area contributed by atoms with Crippen LogP contribution < -0.4 is 16.0 Å². The zero-order valence-electron chi connectivity index (χ0n) is 16.4. The lowest BCUT2D eigenvalue weighted by atomic mass is 10.1. The Hall–Kier alpha value is -3.23. The maximum absolute atomic E-state index is 13.9. The van der Waals surface area contributed by atoms with Crippen LogP contribution >= 0.6 is 0 Å². The van der Waals surface area contributed by atoms with Gasteiger partial charge in [-0.2, -0.15) is 0 Å². The van der Waals surface area contributed by atoms with Crippen molar-refractivity contribution in [3.8, 4) is 0 Å². The molecule has 9 heteroatoms. The molecule has 0 unspecified atom stereocenters. The van der Waals surface area contributed by atoms with E-state index in [1.54, 1.807) is 0 Å². The molecule has 1 aliphatic carbocycles. The summed E-state index contributed by atoms with van der Waals surface area (Å²) in [5.41, 5.74) is 1.67. The molecule has 3 heterocycles. The molecular weight excluding hydrogens is 373 g/mol. The molecule has 0 radical (unpaired) electrons. The van der Waals surface area contributed by atoms with E-state index in [1.807, 2.05) is 6.07 Å². The zero-order chi connectivity index (χ0) is 20.4. The molecule has 29 heavy (non-hydrogen) atoms. The van der Waals surface area contributed by atoms with Gasteiger partial charge < -0.3 is 16.0 Å². The van der Waals surface area contributed by atoms with E-state index in [9.17, 15) is 9.18 Å². The SMILES string of the molecule is CC(C)CCNc1cc(NC2CC2)c2ncc(C(=O)Nc3ccncc3F)n2n1. The Kier molecular flexibility index (Phi) is 5.28. The number of hydrogen-bond donors (Lipinski definition) is 3. The van der Waals surface area contributed by atoms with Crippen LogP contribution in [0.4, 0.5) is 21.6 Å². The highest BCUT2D eigenvalue weighted by atomic mass is 19.1. The number of nitrogens with one attached hydrogen (secondary N) is 3. The number of aromatic nitrogens is 4. The van der Waals surface area contributed by atoms with Crippen molar-refractivity contribution in [2.75, 3.05) is 22.5 Å². The lowest BCUT2D eigenvalue weighted by Crippen LogP contribution is -2.17. The Morgan fingerprint density at radius 2 is 2.14 bits per heavy atom. The van der Waals surface area contributed by atoms with Gasteiger partial charge in [-0.25, -0.2) is 13.9 Å². The Labute approximate surface area is 167 Å². The maximum Gasteiger partial charge on any atom is 0.276 e. The third kappa shape index (κ3) is 4.44. The van der Waals surface area contributed by atoms with E-state index in [1.165, 1.54) is 23.0 Å². The van der Waals surface area contributed by atoms with Crippen LogP contribution in [0, 0.1) is 11.7 Å². The summed E-state index contributed by atoms with van der Waals surface area (Å²) in [6, 6.07) is 3.75. The van der Waals surface area contributed by atoms with Crippen LogP contribution in [-0.4, -0.2) is 38.1 Å². The highest BCUT2D eigenvalue weighted by Crippen LogP contribution is 2.28. The molecule has 1 saturated carbocycles. The summed E-state index contributed by atoms with van der Waals surface area (Å²) in [5, 5.41) is 13.9. The van der Waals surface area contributed by atoms with Gasteiger partial charge in [0.05, 0.1) is 23.8 Å². The largest absolute Gasteiger partial charge is 0.379 e. The van der Waals surface area contributed by atoms with Crippen molar-refractivity contribution in [1.29, 1.82) is 0 Å². The number of carbonyl (C=O) groups is 1. The average molecular weight is 397 g/mol. The smallest absolute Gasteiger partial charge is 0.276 e. The molecule has 4 rings (SSSR count). The van der Waals surface area contributed by atoms with Gasteiger partial charge in [-0.3, -0.25) is 9.78 Å². The number of nitrogens with zero attached hydrogens (tertiary/aromatic N) is 4. The van der Waals surface area contributed by atoms with Gasteiger partial charge in [0.1, 0.15) is 5.82 Å². The molecule has 0 saturated heterocycles. The third-order valence-corrected chi connectivity index (χ3v) is 4.69. The maximum atomic E-state index is 13.9.